The highest BCUT2D eigenvalue weighted by Gasteiger charge is 2.11. The van der Waals surface area contributed by atoms with Gasteiger partial charge in [-0.05, 0) is 25.0 Å². The Labute approximate surface area is 183 Å². The lowest BCUT2D eigenvalue weighted by Crippen LogP contribution is -2.43. The molecule has 0 bridgehead atoms. The standard InChI is InChI=1S/C21H24BrN7O/c22-15-3-1-4-16(11-15)27-21-17-12-19(24-13-18(17)25-14-26-21)28-20(30)5-2-8-29-9-6-23-7-10-29/h2-3,5,11-14,23H,1,4,6-10H2,(H,24,28,30)(H,25,26,27)/b5-2+. The summed E-state index contributed by atoms with van der Waals surface area (Å²) in [6, 6.07) is 1.80. The number of aromatic nitrogens is 3. The van der Waals surface area contributed by atoms with Gasteiger partial charge in [-0.2, -0.15) is 0 Å². The second-order valence-electron chi connectivity index (χ2n) is 7.17. The maximum Gasteiger partial charge on any atom is 0.249 e. The van der Waals surface area contributed by atoms with Gasteiger partial charge in [-0.25, -0.2) is 15.0 Å². The fourth-order valence-corrected chi connectivity index (χ4v) is 3.92. The van der Waals surface area contributed by atoms with Crippen LogP contribution in [0.2, 0.25) is 0 Å². The molecule has 8 nitrogen and oxygen atoms in total. The van der Waals surface area contributed by atoms with Gasteiger partial charge in [-0.1, -0.05) is 28.1 Å². The third kappa shape index (κ3) is 5.50. The molecule has 2 aromatic heterocycles. The van der Waals surface area contributed by atoms with Crippen molar-refractivity contribution in [3.8, 4) is 0 Å². The van der Waals surface area contributed by atoms with Crippen molar-refractivity contribution in [1.29, 1.82) is 0 Å². The van der Waals surface area contributed by atoms with Gasteiger partial charge >= 0.3 is 0 Å². The van der Waals surface area contributed by atoms with Gasteiger partial charge < -0.3 is 16.0 Å². The highest BCUT2D eigenvalue weighted by molar-refractivity contribution is 9.11. The number of hydrogen-bond donors (Lipinski definition) is 3. The molecule has 0 radical (unpaired) electrons. The molecule has 30 heavy (non-hydrogen) atoms. The molecule has 156 valence electrons. The molecular weight excluding hydrogens is 446 g/mol. The lowest BCUT2D eigenvalue weighted by molar-refractivity contribution is -0.111. The van der Waals surface area contributed by atoms with E-state index >= 15 is 0 Å². The van der Waals surface area contributed by atoms with E-state index in [1.807, 2.05) is 12.2 Å². The normalized spacial score (nSPS) is 17.6. The topological polar surface area (TPSA) is 95.1 Å². The second-order valence-corrected chi connectivity index (χ2v) is 8.09. The molecule has 0 saturated carbocycles. The number of carbonyl (C=O) groups excluding carboxylic acids is 1. The minimum Gasteiger partial charge on any atom is -0.343 e. The molecule has 1 amide bonds. The summed E-state index contributed by atoms with van der Waals surface area (Å²) in [6.45, 7) is 4.74. The number of allylic oxidation sites excluding steroid dienone is 4. The number of halogens is 1. The van der Waals surface area contributed by atoms with Crippen molar-refractivity contribution in [3.63, 3.8) is 0 Å². The summed E-state index contributed by atoms with van der Waals surface area (Å²) >= 11 is 3.52. The van der Waals surface area contributed by atoms with E-state index in [1.165, 1.54) is 6.33 Å². The van der Waals surface area contributed by atoms with Crippen LogP contribution < -0.4 is 16.0 Å². The van der Waals surface area contributed by atoms with E-state index in [2.05, 4.69) is 57.8 Å². The average molecular weight is 470 g/mol. The van der Waals surface area contributed by atoms with E-state index in [4.69, 9.17) is 0 Å². The van der Waals surface area contributed by atoms with Gasteiger partial charge in [-0.3, -0.25) is 9.69 Å². The maximum atomic E-state index is 12.3. The van der Waals surface area contributed by atoms with Gasteiger partial charge in [-0.15, -0.1) is 0 Å². The van der Waals surface area contributed by atoms with Gasteiger partial charge in [0.2, 0.25) is 5.91 Å². The monoisotopic (exact) mass is 469 g/mol. The van der Waals surface area contributed by atoms with Gasteiger partial charge in [0.1, 0.15) is 18.0 Å². The largest absolute Gasteiger partial charge is 0.343 e. The third-order valence-corrected chi connectivity index (χ3v) is 5.51. The van der Waals surface area contributed by atoms with Crippen molar-refractivity contribution in [2.45, 2.75) is 12.8 Å². The van der Waals surface area contributed by atoms with Gasteiger partial charge in [0.15, 0.2) is 0 Å². The molecule has 2 aliphatic rings. The van der Waals surface area contributed by atoms with Crippen LogP contribution in [0.4, 0.5) is 11.6 Å². The predicted octanol–water partition coefficient (Wildman–Crippen LogP) is 2.79. The Balaban J connectivity index is 1.44. The Morgan fingerprint density at radius 1 is 1.27 bits per heavy atom. The van der Waals surface area contributed by atoms with Crippen LogP contribution in [0.5, 0.6) is 0 Å². The molecule has 0 aromatic carbocycles. The molecule has 1 aliphatic carbocycles. The van der Waals surface area contributed by atoms with Crippen molar-refractivity contribution in [1.82, 2.24) is 25.2 Å². The Morgan fingerprint density at radius 3 is 2.97 bits per heavy atom. The molecular formula is C21H24BrN7O. The highest BCUT2D eigenvalue weighted by Crippen LogP contribution is 2.26. The third-order valence-electron chi connectivity index (χ3n) is 4.96. The number of anilines is 2. The number of fused-ring (bicyclic) bond motifs is 1. The van der Waals surface area contributed by atoms with E-state index in [0.29, 0.717) is 17.2 Å². The van der Waals surface area contributed by atoms with E-state index in [1.54, 1.807) is 18.3 Å². The van der Waals surface area contributed by atoms with Gasteiger partial charge in [0, 0.05) is 54.4 Å². The van der Waals surface area contributed by atoms with Crippen LogP contribution in [-0.4, -0.2) is 58.5 Å². The number of rotatable bonds is 6. The van der Waals surface area contributed by atoms with E-state index in [0.717, 1.165) is 61.1 Å². The number of nitrogens with one attached hydrogen (secondary N) is 3. The van der Waals surface area contributed by atoms with E-state index < -0.39 is 0 Å². The first-order chi connectivity index (χ1) is 14.7. The second kappa shape index (κ2) is 9.92. The molecule has 2 aromatic rings. The van der Waals surface area contributed by atoms with E-state index in [-0.39, 0.29) is 5.91 Å². The zero-order chi connectivity index (χ0) is 20.8. The highest BCUT2D eigenvalue weighted by atomic mass is 79.9. The molecule has 0 spiro atoms. The first-order valence-electron chi connectivity index (χ1n) is 10.0. The molecule has 1 fully saturated rings. The minimum atomic E-state index is -0.201. The maximum absolute atomic E-state index is 12.3. The molecule has 3 heterocycles. The summed E-state index contributed by atoms with van der Waals surface area (Å²) in [5, 5.41) is 10.3. The summed E-state index contributed by atoms with van der Waals surface area (Å²) in [5.74, 6) is 0.962. The fourth-order valence-electron chi connectivity index (χ4n) is 3.41. The van der Waals surface area contributed by atoms with Crippen LogP contribution >= 0.6 is 15.9 Å². The van der Waals surface area contributed by atoms with Crippen LogP contribution in [-0.2, 0) is 4.79 Å². The van der Waals surface area contributed by atoms with Crippen LogP contribution in [0, 0.1) is 0 Å². The molecule has 9 heteroatoms. The lowest BCUT2D eigenvalue weighted by Gasteiger charge is -2.25. The van der Waals surface area contributed by atoms with Crippen molar-refractivity contribution in [2.24, 2.45) is 0 Å². The number of hydrogen-bond acceptors (Lipinski definition) is 7. The first-order valence-corrected chi connectivity index (χ1v) is 10.8. The predicted molar refractivity (Wildman–Crippen MR) is 122 cm³/mol. The van der Waals surface area contributed by atoms with Crippen molar-refractivity contribution >= 4 is 44.4 Å². The summed E-state index contributed by atoms with van der Waals surface area (Å²) in [6.07, 6.45) is 12.7. The number of carbonyl (C=O) groups is 1. The number of amides is 1. The van der Waals surface area contributed by atoms with Crippen LogP contribution in [0.25, 0.3) is 10.9 Å². The molecule has 3 N–H and O–H groups in total. The Kier molecular flexibility index (Phi) is 6.83. The molecule has 1 aliphatic heterocycles. The van der Waals surface area contributed by atoms with Crippen LogP contribution in [0.1, 0.15) is 12.8 Å². The Hall–Kier alpha value is -2.62. The Morgan fingerprint density at radius 2 is 2.13 bits per heavy atom. The zero-order valence-electron chi connectivity index (χ0n) is 16.6. The average Bonchev–Trinajstić information content (AvgIpc) is 2.75. The molecule has 1 saturated heterocycles. The molecule has 0 atom stereocenters. The van der Waals surface area contributed by atoms with Crippen molar-refractivity contribution < 1.29 is 4.79 Å². The van der Waals surface area contributed by atoms with E-state index in [9.17, 15) is 4.79 Å². The lowest BCUT2D eigenvalue weighted by atomic mass is 10.1. The number of nitrogens with zero attached hydrogens (tertiary/aromatic N) is 4. The van der Waals surface area contributed by atoms with Gasteiger partial charge in [0.25, 0.3) is 0 Å². The quantitative estimate of drug-likeness (QED) is 0.559. The summed E-state index contributed by atoms with van der Waals surface area (Å²) in [4.78, 5) is 27.6. The molecule has 4 rings (SSSR count). The SMILES string of the molecule is O=C(/C=C/CN1CCNCC1)Nc1cc2c(NC3=CC(Br)=CCC3)ncnc2cn1. The zero-order valence-corrected chi connectivity index (χ0v) is 18.2. The summed E-state index contributed by atoms with van der Waals surface area (Å²) < 4.78 is 1.05. The summed E-state index contributed by atoms with van der Waals surface area (Å²) in [5.41, 5.74) is 1.79. The summed E-state index contributed by atoms with van der Waals surface area (Å²) in [7, 11) is 0. The van der Waals surface area contributed by atoms with Crippen molar-refractivity contribution in [3.05, 3.63) is 53.1 Å². The first kappa shape index (κ1) is 20.6. The molecule has 0 unspecified atom stereocenters. The Bertz CT molecular complexity index is 1010. The van der Waals surface area contributed by atoms with Crippen LogP contribution in [0.3, 0.4) is 0 Å². The minimum absolute atomic E-state index is 0.201. The smallest absolute Gasteiger partial charge is 0.249 e. The van der Waals surface area contributed by atoms with Gasteiger partial charge in [0.05, 0.1) is 11.7 Å². The van der Waals surface area contributed by atoms with Crippen LogP contribution in [0.15, 0.2) is 53.1 Å². The number of piperazine rings is 1. The van der Waals surface area contributed by atoms with Crippen molar-refractivity contribution in [2.75, 3.05) is 43.4 Å². The fraction of sp³-hybridized carbons (Fsp3) is 0.333. The number of pyridine rings is 1.